The molecule has 0 unspecified atom stereocenters. The molecule has 0 spiro atoms. The molecular formula is C16H28N2O4. The highest BCUT2D eigenvalue weighted by Gasteiger charge is 2.25. The predicted octanol–water partition coefficient (Wildman–Crippen LogP) is 1.69. The van der Waals surface area contributed by atoms with Crippen LogP contribution in [-0.2, 0) is 14.4 Å². The molecular weight excluding hydrogens is 284 g/mol. The quantitative estimate of drug-likeness (QED) is 0.635. The summed E-state index contributed by atoms with van der Waals surface area (Å²) in [7, 11) is 0. The van der Waals surface area contributed by atoms with E-state index in [9.17, 15) is 14.4 Å². The van der Waals surface area contributed by atoms with E-state index in [4.69, 9.17) is 5.11 Å². The highest BCUT2D eigenvalue weighted by molar-refractivity contribution is 5.88. The third kappa shape index (κ3) is 6.45. The van der Waals surface area contributed by atoms with Gasteiger partial charge in [0.15, 0.2) is 0 Å². The molecule has 1 aliphatic rings. The molecule has 1 saturated carbocycles. The molecule has 1 fully saturated rings. The molecule has 0 saturated heterocycles. The normalized spacial score (nSPS) is 18.3. The van der Waals surface area contributed by atoms with Crippen LogP contribution in [0.3, 0.4) is 0 Å². The molecule has 6 heteroatoms. The molecule has 0 heterocycles. The summed E-state index contributed by atoms with van der Waals surface area (Å²) >= 11 is 0. The maximum atomic E-state index is 11.8. The Morgan fingerprint density at radius 1 is 1.14 bits per heavy atom. The van der Waals surface area contributed by atoms with Gasteiger partial charge in [-0.15, -0.1) is 0 Å². The van der Waals surface area contributed by atoms with Crippen molar-refractivity contribution < 1.29 is 19.5 Å². The standard InChI is InChI=1S/C16H28N2O4/c1-3-11(2)15(16(21)22)18-14(20)10-17-13(19)9-12-7-5-4-6-8-12/h11-12,15H,3-10H2,1-2H3,(H,17,19)(H,18,20)(H,21,22)/t11-,15-/m0/s1. The Morgan fingerprint density at radius 3 is 2.32 bits per heavy atom. The zero-order chi connectivity index (χ0) is 16.5. The molecule has 0 aromatic carbocycles. The van der Waals surface area contributed by atoms with E-state index in [1.807, 2.05) is 6.92 Å². The maximum Gasteiger partial charge on any atom is 0.326 e. The van der Waals surface area contributed by atoms with Crippen molar-refractivity contribution in [3.8, 4) is 0 Å². The number of carboxylic acids is 1. The van der Waals surface area contributed by atoms with E-state index < -0.39 is 17.9 Å². The van der Waals surface area contributed by atoms with Crippen molar-refractivity contribution in [3.05, 3.63) is 0 Å². The molecule has 22 heavy (non-hydrogen) atoms. The number of rotatable bonds is 8. The monoisotopic (exact) mass is 312 g/mol. The summed E-state index contributed by atoms with van der Waals surface area (Å²) in [6, 6.07) is -0.909. The fraction of sp³-hybridized carbons (Fsp3) is 0.812. The molecule has 2 amide bonds. The van der Waals surface area contributed by atoms with Crippen LogP contribution in [0.4, 0.5) is 0 Å². The molecule has 0 aliphatic heterocycles. The third-order valence-corrected chi connectivity index (χ3v) is 4.44. The van der Waals surface area contributed by atoms with Gasteiger partial charge in [0.2, 0.25) is 11.8 Å². The summed E-state index contributed by atoms with van der Waals surface area (Å²) in [6.07, 6.45) is 6.86. The molecule has 0 radical (unpaired) electrons. The van der Waals surface area contributed by atoms with Crippen LogP contribution in [0.15, 0.2) is 0 Å². The van der Waals surface area contributed by atoms with E-state index in [0.29, 0.717) is 18.8 Å². The second-order valence-corrected chi connectivity index (χ2v) is 6.25. The summed E-state index contributed by atoms with van der Waals surface area (Å²) in [5.41, 5.74) is 0. The zero-order valence-electron chi connectivity index (χ0n) is 13.6. The van der Waals surface area contributed by atoms with Crippen molar-refractivity contribution in [2.75, 3.05) is 6.54 Å². The Kier molecular flexibility index (Phi) is 7.91. The van der Waals surface area contributed by atoms with E-state index in [1.165, 1.54) is 19.3 Å². The first-order valence-corrected chi connectivity index (χ1v) is 8.22. The van der Waals surface area contributed by atoms with Gasteiger partial charge in [-0.05, 0) is 24.7 Å². The third-order valence-electron chi connectivity index (χ3n) is 4.44. The molecule has 0 bridgehead atoms. The van der Waals surface area contributed by atoms with E-state index in [-0.39, 0.29) is 18.4 Å². The van der Waals surface area contributed by atoms with Gasteiger partial charge in [-0.3, -0.25) is 9.59 Å². The Hall–Kier alpha value is -1.59. The molecule has 6 nitrogen and oxygen atoms in total. The smallest absolute Gasteiger partial charge is 0.326 e. The van der Waals surface area contributed by atoms with Gasteiger partial charge in [0.05, 0.1) is 6.54 Å². The molecule has 0 aromatic heterocycles. The van der Waals surface area contributed by atoms with Gasteiger partial charge in [0.25, 0.3) is 0 Å². The minimum Gasteiger partial charge on any atom is -0.480 e. The average molecular weight is 312 g/mol. The number of carbonyl (C=O) groups excluding carboxylic acids is 2. The minimum absolute atomic E-state index is 0.127. The van der Waals surface area contributed by atoms with Crippen molar-refractivity contribution in [2.24, 2.45) is 11.8 Å². The predicted molar refractivity (Wildman–Crippen MR) is 83.2 cm³/mol. The van der Waals surface area contributed by atoms with Crippen LogP contribution in [0.1, 0.15) is 58.8 Å². The van der Waals surface area contributed by atoms with Gasteiger partial charge in [-0.2, -0.15) is 0 Å². The molecule has 1 rings (SSSR count). The van der Waals surface area contributed by atoms with Gasteiger partial charge in [0, 0.05) is 6.42 Å². The molecule has 3 N–H and O–H groups in total. The highest BCUT2D eigenvalue weighted by atomic mass is 16.4. The van der Waals surface area contributed by atoms with Crippen LogP contribution in [0, 0.1) is 11.8 Å². The first-order chi connectivity index (χ1) is 10.4. The van der Waals surface area contributed by atoms with Crippen molar-refractivity contribution in [3.63, 3.8) is 0 Å². The SMILES string of the molecule is CC[C@H](C)[C@H](NC(=O)CNC(=O)CC1CCCCC1)C(=O)O. The fourth-order valence-electron chi connectivity index (χ4n) is 2.81. The highest BCUT2D eigenvalue weighted by Crippen LogP contribution is 2.25. The Morgan fingerprint density at radius 2 is 1.77 bits per heavy atom. The second-order valence-electron chi connectivity index (χ2n) is 6.25. The molecule has 0 aromatic rings. The topological polar surface area (TPSA) is 95.5 Å². The van der Waals surface area contributed by atoms with E-state index in [2.05, 4.69) is 10.6 Å². The number of carboxylic acid groups (broad SMARTS) is 1. The maximum absolute atomic E-state index is 11.8. The van der Waals surface area contributed by atoms with E-state index in [1.54, 1.807) is 6.92 Å². The van der Waals surface area contributed by atoms with Gasteiger partial charge < -0.3 is 15.7 Å². The first-order valence-electron chi connectivity index (χ1n) is 8.22. The minimum atomic E-state index is -1.05. The summed E-state index contributed by atoms with van der Waals surface area (Å²) in [5.74, 6) is -1.36. The van der Waals surface area contributed by atoms with Crippen LogP contribution in [0.5, 0.6) is 0 Å². The van der Waals surface area contributed by atoms with Crippen molar-refractivity contribution in [2.45, 2.75) is 64.8 Å². The lowest BCUT2D eigenvalue weighted by Gasteiger charge is -2.21. The lowest BCUT2D eigenvalue weighted by Crippen LogP contribution is -2.48. The van der Waals surface area contributed by atoms with Crippen molar-refractivity contribution in [1.29, 1.82) is 0 Å². The summed E-state index contributed by atoms with van der Waals surface area (Å²) in [4.78, 5) is 34.7. The van der Waals surface area contributed by atoms with E-state index >= 15 is 0 Å². The fourth-order valence-corrected chi connectivity index (χ4v) is 2.81. The summed E-state index contributed by atoms with van der Waals surface area (Å²) in [6.45, 7) is 3.49. The summed E-state index contributed by atoms with van der Waals surface area (Å²) in [5, 5.41) is 14.2. The van der Waals surface area contributed by atoms with Crippen LogP contribution < -0.4 is 10.6 Å². The zero-order valence-corrected chi connectivity index (χ0v) is 13.6. The molecule has 1 aliphatic carbocycles. The first kappa shape index (κ1) is 18.5. The van der Waals surface area contributed by atoms with Gasteiger partial charge >= 0.3 is 5.97 Å². The number of aliphatic carboxylic acids is 1. The lowest BCUT2D eigenvalue weighted by molar-refractivity contribution is -0.143. The van der Waals surface area contributed by atoms with E-state index in [0.717, 1.165) is 12.8 Å². The number of amides is 2. The number of hydrogen-bond acceptors (Lipinski definition) is 3. The lowest BCUT2D eigenvalue weighted by atomic mass is 9.87. The second kappa shape index (κ2) is 9.43. The Balaban J connectivity index is 2.31. The summed E-state index contributed by atoms with van der Waals surface area (Å²) < 4.78 is 0. The average Bonchev–Trinajstić information content (AvgIpc) is 2.50. The van der Waals surface area contributed by atoms with Crippen LogP contribution in [0.25, 0.3) is 0 Å². The van der Waals surface area contributed by atoms with Gasteiger partial charge in [0.1, 0.15) is 6.04 Å². The Labute approximate surface area is 132 Å². The molecule has 126 valence electrons. The van der Waals surface area contributed by atoms with Crippen molar-refractivity contribution >= 4 is 17.8 Å². The van der Waals surface area contributed by atoms with Crippen LogP contribution in [-0.4, -0.2) is 35.5 Å². The van der Waals surface area contributed by atoms with Gasteiger partial charge in [-0.25, -0.2) is 4.79 Å². The van der Waals surface area contributed by atoms with Gasteiger partial charge in [-0.1, -0.05) is 39.5 Å². The largest absolute Gasteiger partial charge is 0.480 e. The van der Waals surface area contributed by atoms with Crippen molar-refractivity contribution in [1.82, 2.24) is 10.6 Å². The Bertz CT molecular complexity index is 392. The number of carbonyl (C=O) groups is 3. The van der Waals surface area contributed by atoms with Crippen LogP contribution in [0.2, 0.25) is 0 Å². The molecule has 2 atom stereocenters. The number of nitrogens with one attached hydrogen (secondary N) is 2. The van der Waals surface area contributed by atoms with Crippen LogP contribution >= 0.6 is 0 Å². The number of hydrogen-bond donors (Lipinski definition) is 3.